The molecule has 0 aromatic carbocycles. The second kappa shape index (κ2) is 14.1. The average molecular weight is 378 g/mol. The van der Waals surface area contributed by atoms with Gasteiger partial charge in [0.05, 0.1) is 0 Å². The van der Waals surface area contributed by atoms with Gasteiger partial charge in [0.2, 0.25) is 0 Å². The second-order valence-corrected chi connectivity index (χ2v) is 7.55. The lowest BCUT2D eigenvalue weighted by Gasteiger charge is -2.35. The fraction of sp³-hybridized carbons (Fsp3) is 1.00. The Bertz CT molecular complexity index is 266. The molecule has 25 heavy (non-hydrogen) atoms. The van der Waals surface area contributed by atoms with Crippen LogP contribution in [-0.4, -0.2) is 82.2 Å². The molecule has 3 unspecified atom stereocenters. The lowest BCUT2D eigenvalue weighted by molar-refractivity contribution is -0.0826. The average Bonchev–Trinajstić information content (AvgIpc) is 2.57. The molecule has 152 valence electrons. The van der Waals surface area contributed by atoms with Crippen molar-refractivity contribution in [3.63, 3.8) is 0 Å². The molecule has 0 aliphatic heterocycles. The molecule has 0 bridgehead atoms. The Hall–Kier alpha value is -0.0231. The molecule has 0 spiro atoms. The van der Waals surface area contributed by atoms with Crippen LogP contribution in [0.15, 0.2) is 0 Å². The van der Waals surface area contributed by atoms with Crippen LogP contribution in [0.25, 0.3) is 0 Å². The van der Waals surface area contributed by atoms with E-state index in [0.29, 0.717) is 0 Å². The normalized spacial score (nSPS) is 17.3. The summed E-state index contributed by atoms with van der Waals surface area (Å²) in [7, 11) is -2.28. The summed E-state index contributed by atoms with van der Waals surface area (Å²) < 4.78 is 18.8. The maximum atomic E-state index is 6.28. The van der Waals surface area contributed by atoms with E-state index < -0.39 is 9.53 Å². The molecule has 0 saturated heterocycles. The quantitative estimate of drug-likeness (QED) is 0.323. The molecule has 0 N–H and O–H groups in total. The second-order valence-electron chi connectivity index (χ2n) is 6.16. The lowest BCUT2D eigenvalue weighted by Crippen LogP contribution is -2.49. The third-order valence-corrected chi connectivity index (χ3v) is 6.75. The Kier molecular flexibility index (Phi) is 14.1. The molecule has 0 saturated carbocycles. The summed E-state index contributed by atoms with van der Waals surface area (Å²) in [4.78, 5) is 6.82. The zero-order valence-corrected chi connectivity index (χ0v) is 19.3. The highest BCUT2D eigenvalue weighted by molar-refractivity contribution is 6.36. The SMILES string of the molecule is CCN(CC)C(C)O[SiH](OC(C)N(CC)CC)OC(C)N(CC)CC. The van der Waals surface area contributed by atoms with E-state index in [4.69, 9.17) is 13.3 Å². The van der Waals surface area contributed by atoms with E-state index >= 15 is 0 Å². The molecule has 0 rings (SSSR count). The fourth-order valence-electron chi connectivity index (χ4n) is 3.05. The summed E-state index contributed by atoms with van der Waals surface area (Å²) in [5.41, 5.74) is 0. The van der Waals surface area contributed by atoms with Crippen molar-refractivity contribution in [1.29, 1.82) is 0 Å². The standard InChI is InChI=1S/C18H43N3O3Si/c1-10-19(11-2)16(7)22-25(23-17(8)20(12-3)13-4)24-18(9)21(14-5)15-6/h16-18,25H,10-15H2,1-9H3. The van der Waals surface area contributed by atoms with Crippen LogP contribution in [-0.2, 0) is 13.3 Å². The maximum Gasteiger partial charge on any atom is 0.487 e. The van der Waals surface area contributed by atoms with Crippen LogP contribution in [0.3, 0.4) is 0 Å². The zero-order chi connectivity index (χ0) is 19.4. The van der Waals surface area contributed by atoms with Crippen LogP contribution < -0.4 is 0 Å². The van der Waals surface area contributed by atoms with Crippen LogP contribution >= 0.6 is 0 Å². The van der Waals surface area contributed by atoms with Gasteiger partial charge < -0.3 is 13.3 Å². The van der Waals surface area contributed by atoms with Gasteiger partial charge in [0.25, 0.3) is 0 Å². The predicted octanol–water partition coefficient (Wildman–Crippen LogP) is 2.82. The van der Waals surface area contributed by atoms with Gasteiger partial charge in [-0.05, 0) is 60.0 Å². The van der Waals surface area contributed by atoms with E-state index in [-0.39, 0.29) is 18.7 Å². The van der Waals surface area contributed by atoms with Crippen molar-refractivity contribution in [2.45, 2.75) is 81.0 Å². The van der Waals surface area contributed by atoms with E-state index in [1.54, 1.807) is 0 Å². The van der Waals surface area contributed by atoms with Crippen LogP contribution in [0.1, 0.15) is 62.3 Å². The van der Waals surface area contributed by atoms with Gasteiger partial charge in [0, 0.05) is 0 Å². The summed E-state index contributed by atoms with van der Waals surface area (Å²) in [5, 5.41) is 0. The smallest absolute Gasteiger partial charge is 0.360 e. The summed E-state index contributed by atoms with van der Waals surface area (Å²) in [5.74, 6) is 0. The van der Waals surface area contributed by atoms with Gasteiger partial charge in [0.1, 0.15) is 18.7 Å². The molecule has 0 fully saturated rings. The highest BCUT2D eigenvalue weighted by Gasteiger charge is 2.29. The van der Waals surface area contributed by atoms with Crippen molar-refractivity contribution < 1.29 is 13.3 Å². The van der Waals surface area contributed by atoms with Gasteiger partial charge in [-0.15, -0.1) is 0 Å². The van der Waals surface area contributed by atoms with Crippen LogP contribution in [0.4, 0.5) is 0 Å². The molecule has 0 aromatic heterocycles. The topological polar surface area (TPSA) is 37.4 Å². The lowest BCUT2D eigenvalue weighted by atomic mass is 10.5. The Morgan fingerprint density at radius 1 is 0.520 bits per heavy atom. The first-order chi connectivity index (χ1) is 11.9. The minimum Gasteiger partial charge on any atom is -0.360 e. The van der Waals surface area contributed by atoms with Gasteiger partial charge in [0.15, 0.2) is 0 Å². The molecular weight excluding hydrogens is 334 g/mol. The number of hydrogen-bond acceptors (Lipinski definition) is 6. The maximum absolute atomic E-state index is 6.28. The molecule has 3 atom stereocenters. The summed E-state index contributed by atoms with van der Waals surface area (Å²) in [6.07, 6.45) is -0.00146. The molecule has 0 aliphatic rings. The van der Waals surface area contributed by atoms with Crippen molar-refractivity contribution >= 4 is 9.53 Å². The summed E-state index contributed by atoms with van der Waals surface area (Å²) >= 11 is 0. The molecular formula is C18H43N3O3Si. The minimum absolute atomic E-state index is 0.000488. The van der Waals surface area contributed by atoms with Crippen molar-refractivity contribution in [2.24, 2.45) is 0 Å². The van der Waals surface area contributed by atoms with Crippen molar-refractivity contribution in [3.8, 4) is 0 Å². The first-order valence-corrected chi connectivity index (χ1v) is 11.5. The third kappa shape index (κ3) is 8.95. The van der Waals surface area contributed by atoms with Crippen LogP contribution in [0.5, 0.6) is 0 Å². The summed E-state index contributed by atoms with van der Waals surface area (Å²) in [6.45, 7) is 24.9. The Balaban J connectivity index is 5.02. The zero-order valence-electron chi connectivity index (χ0n) is 18.1. The first-order valence-electron chi connectivity index (χ1n) is 10.1. The molecule has 0 amide bonds. The van der Waals surface area contributed by atoms with Gasteiger partial charge in [-0.3, -0.25) is 14.7 Å². The molecule has 6 nitrogen and oxygen atoms in total. The van der Waals surface area contributed by atoms with Gasteiger partial charge in [-0.2, -0.15) is 0 Å². The first kappa shape index (κ1) is 25.0. The van der Waals surface area contributed by atoms with Crippen molar-refractivity contribution in [3.05, 3.63) is 0 Å². The van der Waals surface area contributed by atoms with E-state index in [1.165, 1.54) is 0 Å². The van der Waals surface area contributed by atoms with Gasteiger partial charge >= 0.3 is 9.53 Å². The predicted molar refractivity (Wildman–Crippen MR) is 108 cm³/mol. The Labute approximate surface area is 158 Å². The van der Waals surface area contributed by atoms with Gasteiger partial charge in [-0.1, -0.05) is 41.5 Å². The van der Waals surface area contributed by atoms with E-state index in [9.17, 15) is 0 Å². The van der Waals surface area contributed by atoms with E-state index in [1.807, 2.05) is 0 Å². The van der Waals surface area contributed by atoms with E-state index in [2.05, 4.69) is 77.0 Å². The largest absolute Gasteiger partial charge is 0.487 e. The van der Waals surface area contributed by atoms with Crippen molar-refractivity contribution in [2.75, 3.05) is 39.3 Å². The fourth-order valence-corrected chi connectivity index (χ4v) is 4.72. The molecule has 0 radical (unpaired) electrons. The number of rotatable bonds is 15. The monoisotopic (exact) mass is 377 g/mol. The van der Waals surface area contributed by atoms with E-state index in [0.717, 1.165) is 39.3 Å². The van der Waals surface area contributed by atoms with Crippen molar-refractivity contribution in [1.82, 2.24) is 14.7 Å². The molecule has 0 aromatic rings. The minimum atomic E-state index is -2.28. The summed E-state index contributed by atoms with van der Waals surface area (Å²) in [6, 6.07) is 0. The van der Waals surface area contributed by atoms with Crippen LogP contribution in [0.2, 0.25) is 0 Å². The molecule has 0 heterocycles. The van der Waals surface area contributed by atoms with Gasteiger partial charge in [-0.25, -0.2) is 0 Å². The third-order valence-electron chi connectivity index (χ3n) is 4.90. The Morgan fingerprint density at radius 3 is 0.880 bits per heavy atom. The van der Waals surface area contributed by atoms with Crippen LogP contribution in [0, 0.1) is 0 Å². The highest BCUT2D eigenvalue weighted by atomic mass is 28.3. The molecule has 0 aliphatic carbocycles. The molecule has 7 heteroatoms. The number of hydrogen-bond donors (Lipinski definition) is 0. The Morgan fingerprint density at radius 2 is 0.720 bits per heavy atom. The number of nitrogens with zero attached hydrogens (tertiary/aromatic N) is 3. The highest BCUT2D eigenvalue weighted by Crippen LogP contribution is 2.12.